The highest BCUT2D eigenvalue weighted by atomic mass is 16.1. The van der Waals surface area contributed by atoms with Gasteiger partial charge in [0.2, 0.25) is 0 Å². The van der Waals surface area contributed by atoms with Crippen molar-refractivity contribution in [2.75, 3.05) is 0 Å². The second kappa shape index (κ2) is 2.41. The van der Waals surface area contributed by atoms with E-state index in [1.165, 1.54) is 12.2 Å². The summed E-state index contributed by atoms with van der Waals surface area (Å²) < 4.78 is 0. The number of rotatable bonds is 0. The summed E-state index contributed by atoms with van der Waals surface area (Å²) in [5.41, 5.74) is 1.34. The molecule has 0 amide bonds. The Balaban J connectivity index is 2.69. The Morgan fingerprint density at radius 1 is 1.00 bits per heavy atom. The van der Waals surface area contributed by atoms with Crippen LogP contribution >= 0.6 is 0 Å². The van der Waals surface area contributed by atoms with Crippen LogP contribution in [0.25, 0.3) is 5.41 Å². The fourth-order valence-electron chi connectivity index (χ4n) is 1.26. The van der Waals surface area contributed by atoms with Gasteiger partial charge in [-0.15, -0.1) is 5.71 Å². The molecule has 0 fully saturated rings. The number of allylic oxidation sites excluding steroid dienone is 2. The van der Waals surface area contributed by atoms with E-state index in [0.717, 1.165) is 0 Å². The van der Waals surface area contributed by atoms with Gasteiger partial charge >= 0.3 is 0 Å². The molecule has 0 aliphatic heterocycles. The molecule has 1 aliphatic rings. The average molecular weight is 156 g/mol. The van der Waals surface area contributed by atoms with Crippen molar-refractivity contribution < 1.29 is 4.79 Å². The van der Waals surface area contributed by atoms with Crippen molar-refractivity contribution in [1.29, 1.82) is 0 Å². The first-order chi connectivity index (χ1) is 5.79. The smallest absolute Gasteiger partial charge is 0.186 e. The highest BCUT2D eigenvalue weighted by molar-refractivity contribution is 6.24. The molecule has 1 aliphatic carbocycles. The Kier molecular flexibility index (Phi) is 1.40. The number of hydrogen-bond donors (Lipinski definition) is 0. The molecule has 0 spiro atoms. The second-order valence-electron chi connectivity index (χ2n) is 2.63. The molecule has 0 saturated carbocycles. The Hall–Kier alpha value is -1.70. The summed E-state index contributed by atoms with van der Waals surface area (Å²) in [6, 6.07) is 7.01. The van der Waals surface area contributed by atoms with E-state index in [-0.39, 0.29) is 11.5 Å². The minimum absolute atomic E-state index is 0.0524. The Morgan fingerprint density at radius 2 is 1.67 bits per heavy atom. The van der Waals surface area contributed by atoms with Crippen LogP contribution in [0.2, 0.25) is 0 Å². The third-order valence-electron chi connectivity index (χ3n) is 1.86. The van der Waals surface area contributed by atoms with Crippen molar-refractivity contribution >= 4 is 11.5 Å². The van der Waals surface area contributed by atoms with E-state index in [9.17, 15) is 10.2 Å². The molecule has 2 rings (SSSR count). The number of hydrogen-bond acceptors (Lipinski definition) is 1. The molecular weight excluding hydrogens is 150 g/mol. The standard InChI is InChI=1S/C10H6NO/c11-9-5-6-10(12)8-4-2-1-3-7(8)9/h1-6H/q-1. The van der Waals surface area contributed by atoms with Gasteiger partial charge in [0.25, 0.3) is 0 Å². The van der Waals surface area contributed by atoms with E-state index in [4.69, 9.17) is 0 Å². The lowest BCUT2D eigenvalue weighted by atomic mass is 9.95. The van der Waals surface area contributed by atoms with Gasteiger partial charge in [0.1, 0.15) is 0 Å². The largest absolute Gasteiger partial charge is 0.803 e. The van der Waals surface area contributed by atoms with Crippen molar-refractivity contribution in [3.05, 3.63) is 53.0 Å². The quantitative estimate of drug-likeness (QED) is 0.564. The number of benzene rings is 1. The van der Waals surface area contributed by atoms with E-state index < -0.39 is 0 Å². The van der Waals surface area contributed by atoms with Crippen molar-refractivity contribution in [1.82, 2.24) is 0 Å². The first-order valence-electron chi connectivity index (χ1n) is 3.67. The maximum atomic E-state index is 11.2. The van der Waals surface area contributed by atoms with Gasteiger partial charge in [0.05, 0.1) is 0 Å². The van der Waals surface area contributed by atoms with Gasteiger partial charge in [-0.2, -0.15) is 0 Å². The van der Waals surface area contributed by atoms with Crippen LogP contribution < -0.4 is 0 Å². The molecule has 12 heavy (non-hydrogen) atoms. The van der Waals surface area contributed by atoms with Crippen LogP contribution in [0, 0.1) is 0 Å². The van der Waals surface area contributed by atoms with Crippen molar-refractivity contribution in [2.45, 2.75) is 0 Å². The first-order valence-corrected chi connectivity index (χ1v) is 3.67. The monoisotopic (exact) mass is 156 g/mol. The van der Waals surface area contributed by atoms with Crippen LogP contribution in [-0.4, -0.2) is 11.5 Å². The molecular formula is C10H6NO-. The molecule has 1 aromatic carbocycles. The molecule has 1 aromatic rings. The number of carbonyl (C=O) groups is 1. The molecule has 2 nitrogen and oxygen atoms in total. The van der Waals surface area contributed by atoms with Gasteiger partial charge in [0, 0.05) is 5.56 Å². The zero-order valence-corrected chi connectivity index (χ0v) is 6.32. The minimum Gasteiger partial charge on any atom is -0.803 e. The number of ketones is 1. The normalized spacial score (nSPS) is 14.7. The third-order valence-corrected chi connectivity index (χ3v) is 1.86. The maximum Gasteiger partial charge on any atom is 0.186 e. The van der Waals surface area contributed by atoms with Crippen LogP contribution in [-0.2, 0) is 0 Å². The average Bonchev–Trinajstić information content (AvgIpc) is 2.12. The van der Waals surface area contributed by atoms with E-state index in [1.54, 1.807) is 24.3 Å². The molecule has 0 heterocycles. The van der Waals surface area contributed by atoms with Gasteiger partial charge in [0.15, 0.2) is 5.78 Å². The number of fused-ring (bicyclic) bond motifs is 1. The highest BCUT2D eigenvalue weighted by Crippen LogP contribution is 2.15. The summed E-state index contributed by atoms with van der Waals surface area (Å²) in [6.45, 7) is 0. The molecule has 0 N–H and O–H groups in total. The Bertz CT molecular complexity index is 354. The lowest BCUT2D eigenvalue weighted by molar-refractivity contribution is 0.104. The van der Waals surface area contributed by atoms with E-state index in [0.29, 0.717) is 11.1 Å². The summed E-state index contributed by atoms with van der Waals surface area (Å²) in [6.07, 6.45) is 2.79. The molecule has 0 radical (unpaired) electrons. The number of carbonyl (C=O) groups excluding carboxylic acids is 1. The molecule has 0 saturated heterocycles. The van der Waals surface area contributed by atoms with Gasteiger partial charge in [-0.3, -0.25) is 4.79 Å². The molecule has 0 aromatic heterocycles. The van der Waals surface area contributed by atoms with Crippen LogP contribution in [0.5, 0.6) is 0 Å². The first kappa shape index (κ1) is 6.98. The summed E-state index contributed by atoms with van der Waals surface area (Å²) in [7, 11) is 0. The maximum absolute atomic E-state index is 11.2. The second-order valence-corrected chi connectivity index (χ2v) is 2.63. The summed E-state index contributed by atoms with van der Waals surface area (Å²) in [5.74, 6) is -0.0524. The van der Waals surface area contributed by atoms with Crippen LogP contribution in [0.4, 0.5) is 0 Å². The Morgan fingerprint density at radius 3 is 2.33 bits per heavy atom. The predicted octanol–water partition coefficient (Wildman–Crippen LogP) is 1.80. The molecule has 58 valence electrons. The highest BCUT2D eigenvalue weighted by Gasteiger charge is 2.10. The number of nitrogens with zero attached hydrogens (tertiary/aromatic N) is 1. The van der Waals surface area contributed by atoms with Crippen molar-refractivity contribution in [2.24, 2.45) is 0 Å². The predicted molar refractivity (Wildman–Crippen MR) is 47.4 cm³/mol. The SMILES string of the molecule is [N-]=C1C=CC(=O)c2ccccc21. The summed E-state index contributed by atoms with van der Waals surface area (Å²) in [4.78, 5) is 11.2. The topological polar surface area (TPSA) is 39.4 Å². The van der Waals surface area contributed by atoms with Crippen LogP contribution in [0.3, 0.4) is 0 Å². The van der Waals surface area contributed by atoms with Crippen LogP contribution in [0.1, 0.15) is 15.9 Å². The van der Waals surface area contributed by atoms with Gasteiger partial charge in [-0.1, -0.05) is 30.3 Å². The molecule has 0 bridgehead atoms. The summed E-state index contributed by atoms with van der Waals surface area (Å²) >= 11 is 0. The molecule has 0 unspecified atom stereocenters. The van der Waals surface area contributed by atoms with E-state index in [2.05, 4.69) is 0 Å². The molecule has 0 atom stereocenters. The summed E-state index contributed by atoms with van der Waals surface area (Å²) in [5, 5.41) is 9.36. The van der Waals surface area contributed by atoms with Crippen molar-refractivity contribution in [3.8, 4) is 0 Å². The van der Waals surface area contributed by atoms with E-state index >= 15 is 0 Å². The lowest BCUT2D eigenvalue weighted by Crippen LogP contribution is -2.10. The minimum atomic E-state index is -0.0524. The van der Waals surface area contributed by atoms with Gasteiger partial charge in [-0.25, -0.2) is 0 Å². The Labute approximate surface area is 70.0 Å². The van der Waals surface area contributed by atoms with Gasteiger partial charge < -0.3 is 5.41 Å². The molecule has 2 heteroatoms. The zero-order valence-electron chi connectivity index (χ0n) is 6.32. The fraction of sp³-hybridized carbons (Fsp3) is 0. The third kappa shape index (κ3) is 0.889. The van der Waals surface area contributed by atoms with Crippen LogP contribution in [0.15, 0.2) is 36.4 Å². The lowest BCUT2D eigenvalue weighted by Gasteiger charge is -2.15. The zero-order chi connectivity index (χ0) is 8.55. The van der Waals surface area contributed by atoms with Gasteiger partial charge in [-0.05, 0) is 11.6 Å². The van der Waals surface area contributed by atoms with E-state index in [1.807, 2.05) is 0 Å². The van der Waals surface area contributed by atoms with Crippen molar-refractivity contribution in [3.63, 3.8) is 0 Å². The fourth-order valence-corrected chi connectivity index (χ4v) is 1.26.